The molecule has 0 bridgehead atoms. The van der Waals surface area contributed by atoms with E-state index in [2.05, 4.69) is 33.3 Å². The van der Waals surface area contributed by atoms with Crippen molar-refractivity contribution < 1.29 is 19.2 Å². The molecule has 0 saturated heterocycles. The van der Waals surface area contributed by atoms with Gasteiger partial charge in [0.1, 0.15) is 11.7 Å². The first kappa shape index (κ1) is 19.4. The lowest BCUT2D eigenvalue weighted by molar-refractivity contribution is -0.127. The van der Waals surface area contributed by atoms with E-state index in [1.54, 1.807) is 5.94 Å². The second-order valence-electron chi connectivity index (χ2n) is 6.37. The molecule has 2 aromatic rings. The number of fused-ring (bicyclic) bond motifs is 1. The molecule has 1 atom stereocenters. The second kappa shape index (κ2) is 8.57. The van der Waals surface area contributed by atoms with E-state index in [1.165, 1.54) is 7.11 Å². The lowest BCUT2D eigenvalue weighted by Gasteiger charge is -2.13. The van der Waals surface area contributed by atoms with Gasteiger partial charge in [-0.15, -0.1) is 0 Å². The van der Waals surface area contributed by atoms with Crippen molar-refractivity contribution >= 4 is 44.3 Å². The molecule has 0 saturated carbocycles. The minimum Gasteiger partial charge on any atom is -0.474 e. The summed E-state index contributed by atoms with van der Waals surface area (Å²) in [5.74, 6) is 1.16. The van der Waals surface area contributed by atoms with Crippen LogP contribution in [0.25, 0.3) is 16.5 Å². The highest BCUT2D eigenvalue weighted by molar-refractivity contribution is 9.10. The second-order valence-corrected chi connectivity index (χ2v) is 7.29. The summed E-state index contributed by atoms with van der Waals surface area (Å²) in [5.41, 5.74) is 4.78. The van der Waals surface area contributed by atoms with Crippen LogP contribution in [0.15, 0.2) is 40.1 Å². The van der Waals surface area contributed by atoms with Crippen LogP contribution >= 0.6 is 15.9 Å². The molecule has 1 aliphatic heterocycles. The van der Waals surface area contributed by atoms with Crippen molar-refractivity contribution in [3.8, 4) is 0 Å². The van der Waals surface area contributed by atoms with E-state index in [4.69, 9.17) is 9.57 Å². The molecule has 1 aliphatic rings. The third-order valence-corrected chi connectivity index (χ3v) is 5.03. The fourth-order valence-corrected chi connectivity index (χ4v) is 3.68. The number of rotatable bonds is 7. The maximum atomic E-state index is 12.5. The molecule has 2 heterocycles. The normalized spacial score (nSPS) is 16.6. The summed E-state index contributed by atoms with van der Waals surface area (Å²) < 4.78 is 6.75. The molecule has 1 unspecified atom stereocenters. The number of unbranched alkanes of at least 4 members (excludes halogenated alkanes) is 2. The largest absolute Gasteiger partial charge is 0.474 e. The van der Waals surface area contributed by atoms with Gasteiger partial charge < -0.3 is 9.72 Å². The first-order valence-electron chi connectivity index (χ1n) is 8.87. The van der Waals surface area contributed by atoms with Gasteiger partial charge in [0.05, 0.1) is 7.11 Å². The van der Waals surface area contributed by atoms with Gasteiger partial charge in [-0.3, -0.25) is 9.63 Å². The molecule has 2 N–H and O–H groups in total. The maximum Gasteiger partial charge on any atom is 0.279 e. The van der Waals surface area contributed by atoms with Crippen LogP contribution in [-0.2, 0) is 19.2 Å². The van der Waals surface area contributed by atoms with Crippen LogP contribution in [0.5, 0.6) is 0 Å². The molecule has 1 amide bonds. The van der Waals surface area contributed by atoms with Crippen LogP contribution in [0.1, 0.15) is 38.3 Å². The Hall–Kier alpha value is -2.34. The Morgan fingerprint density at radius 2 is 2.19 bits per heavy atom. The van der Waals surface area contributed by atoms with Crippen molar-refractivity contribution in [2.24, 2.45) is 0 Å². The van der Waals surface area contributed by atoms with Gasteiger partial charge in [-0.05, 0) is 31.0 Å². The van der Waals surface area contributed by atoms with E-state index in [1.807, 2.05) is 24.3 Å². The Balaban J connectivity index is 2.11. The highest BCUT2D eigenvalue weighted by Crippen LogP contribution is 2.39. The van der Waals surface area contributed by atoms with E-state index in [0.29, 0.717) is 12.0 Å². The predicted octanol–water partition coefficient (Wildman–Crippen LogP) is 4.06. The van der Waals surface area contributed by atoms with Gasteiger partial charge in [-0.1, -0.05) is 41.8 Å². The van der Waals surface area contributed by atoms with Crippen LogP contribution in [0, 0.1) is 0 Å². The molecule has 6 nitrogen and oxygen atoms in total. The third-order valence-electron chi connectivity index (χ3n) is 4.54. The lowest BCUT2D eigenvalue weighted by atomic mass is 9.97. The van der Waals surface area contributed by atoms with Gasteiger partial charge in [-0.25, -0.2) is 10.3 Å². The molecule has 0 spiro atoms. The van der Waals surface area contributed by atoms with Crippen LogP contribution < -0.4 is 5.48 Å². The van der Waals surface area contributed by atoms with Gasteiger partial charge in [0, 0.05) is 26.6 Å². The number of aromatic nitrogens is 1. The van der Waals surface area contributed by atoms with Gasteiger partial charge >= 0.3 is 0 Å². The number of benzene rings is 1. The fourth-order valence-electron chi connectivity index (χ4n) is 3.32. The minimum atomic E-state index is -0.524. The summed E-state index contributed by atoms with van der Waals surface area (Å²) in [7, 11) is 1.34. The first-order chi connectivity index (χ1) is 13.1. The summed E-state index contributed by atoms with van der Waals surface area (Å²) in [6.07, 6.45) is 3.37. The van der Waals surface area contributed by atoms with Crippen LogP contribution in [0.2, 0.25) is 0 Å². The zero-order valence-corrected chi connectivity index (χ0v) is 16.8. The molecule has 1 aromatic heterocycles. The number of H-pyrrole nitrogens is 1. The number of aromatic amines is 1. The number of hydrogen-bond acceptors (Lipinski definition) is 4. The van der Waals surface area contributed by atoms with Gasteiger partial charge in [0.15, 0.2) is 5.94 Å². The van der Waals surface area contributed by atoms with E-state index < -0.39 is 5.91 Å². The average molecular weight is 433 g/mol. The molecule has 27 heavy (non-hydrogen) atoms. The van der Waals surface area contributed by atoms with Crippen molar-refractivity contribution in [3.63, 3.8) is 0 Å². The number of hydroxylamine groups is 1. The topological polar surface area (TPSA) is 80.4 Å². The van der Waals surface area contributed by atoms with Crippen LogP contribution in [0.3, 0.4) is 0 Å². The van der Waals surface area contributed by atoms with E-state index in [9.17, 15) is 9.59 Å². The zero-order valence-electron chi connectivity index (χ0n) is 15.2. The number of ether oxygens (including phenoxy) is 1. The van der Waals surface area contributed by atoms with Crippen molar-refractivity contribution in [1.29, 1.82) is 0 Å². The molecule has 7 heteroatoms. The highest BCUT2D eigenvalue weighted by Gasteiger charge is 2.37. The van der Waals surface area contributed by atoms with Crippen LogP contribution in [-0.4, -0.2) is 30.0 Å². The summed E-state index contributed by atoms with van der Waals surface area (Å²) in [5, 5.41) is 1.00. The molecule has 142 valence electrons. The number of nitrogens with one attached hydrogen (secondary N) is 2. The molecular weight excluding hydrogens is 412 g/mol. The highest BCUT2D eigenvalue weighted by atomic mass is 79.9. The van der Waals surface area contributed by atoms with Crippen molar-refractivity contribution in [3.05, 3.63) is 45.8 Å². The van der Waals surface area contributed by atoms with E-state index in [-0.39, 0.29) is 17.4 Å². The molecule has 1 aromatic carbocycles. The number of carbonyl (C=O) groups is 1. The van der Waals surface area contributed by atoms with E-state index in [0.717, 1.165) is 40.3 Å². The Morgan fingerprint density at radius 1 is 1.37 bits per heavy atom. The van der Waals surface area contributed by atoms with Crippen molar-refractivity contribution in [1.82, 2.24) is 10.5 Å². The van der Waals surface area contributed by atoms with Gasteiger partial charge in [0.25, 0.3) is 5.91 Å². The minimum absolute atomic E-state index is 0.0825. The molecule has 0 aliphatic carbocycles. The number of carbonyl (C=O) groups excluding carboxylic acids is 2. The summed E-state index contributed by atoms with van der Waals surface area (Å²) >= 11 is 3.46. The summed E-state index contributed by atoms with van der Waals surface area (Å²) in [4.78, 5) is 32.1. The molecule has 3 rings (SSSR count). The van der Waals surface area contributed by atoms with Crippen molar-refractivity contribution in [2.75, 3.05) is 7.11 Å². The lowest BCUT2D eigenvalue weighted by Crippen LogP contribution is -2.24. The smallest absolute Gasteiger partial charge is 0.279 e. The first-order valence-corrected chi connectivity index (χ1v) is 9.66. The Bertz CT molecular complexity index is 941. The molecule has 0 fully saturated rings. The predicted molar refractivity (Wildman–Crippen MR) is 106 cm³/mol. The fraction of sp³-hybridized carbons (Fsp3) is 0.350. The number of hydrogen-bond donors (Lipinski definition) is 2. The van der Waals surface area contributed by atoms with Gasteiger partial charge in [-0.2, -0.15) is 0 Å². The molecular formula is C20H21BrN2O4. The summed E-state index contributed by atoms with van der Waals surface area (Å²) in [6, 6.07) is 7.86. The Morgan fingerprint density at radius 3 is 2.89 bits per heavy atom. The maximum absolute atomic E-state index is 12.5. The number of amides is 1. The van der Waals surface area contributed by atoms with Crippen LogP contribution in [0.4, 0.5) is 0 Å². The number of halogens is 1. The monoisotopic (exact) mass is 432 g/mol. The Kier molecular flexibility index (Phi) is 6.16. The molecule has 0 radical (unpaired) electrons. The third kappa shape index (κ3) is 4.00. The van der Waals surface area contributed by atoms with Crippen molar-refractivity contribution in [2.45, 2.75) is 38.7 Å². The SMILES string of the molecule is CCCCCC1OC(=C=O)C(C(=O)NOC)=C1c1cc2ccc(Br)cc2[nH]1. The zero-order chi connectivity index (χ0) is 19.4. The standard InChI is InChI=1S/C20H21BrN2O4/c1-3-4-5-6-16-18(19(17(11-24)27-16)20(25)23-26-2)15-9-12-7-8-13(21)10-14(12)22-15/h7-10,16,22H,3-6H2,1-2H3,(H,23,25). The van der Waals surface area contributed by atoms with Gasteiger partial charge in [0.2, 0.25) is 5.76 Å². The Labute approximate surface area is 165 Å². The quantitative estimate of drug-likeness (QED) is 0.392. The summed E-state index contributed by atoms with van der Waals surface area (Å²) in [6.45, 7) is 2.12. The average Bonchev–Trinajstić information content (AvgIpc) is 3.22. The van der Waals surface area contributed by atoms with E-state index >= 15 is 0 Å².